The highest BCUT2D eigenvalue weighted by molar-refractivity contribution is 7.89. The molecule has 0 amide bonds. The molecule has 16 heavy (non-hydrogen) atoms. The highest BCUT2D eigenvalue weighted by Crippen LogP contribution is 2.21. The molecule has 5 nitrogen and oxygen atoms in total. The summed E-state index contributed by atoms with van der Waals surface area (Å²) in [4.78, 5) is 0. The monoisotopic (exact) mass is 250 g/mol. The Hall–Kier alpha value is -0.170. The molecule has 0 spiro atoms. The van der Waals surface area contributed by atoms with Crippen LogP contribution < -0.4 is 5.73 Å². The van der Waals surface area contributed by atoms with Crippen molar-refractivity contribution in [3.8, 4) is 0 Å². The van der Waals surface area contributed by atoms with E-state index >= 15 is 0 Å². The molecule has 1 saturated heterocycles. The van der Waals surface area contributed by atoms with Gasteiger partial charge in [-0.1, -0.05) is 6.92 Å². The van der Waals surface area contributed by atoms with Crippen LogP contribution in [0.15, 0.2) is 0 Å². The van der Waals surface area contributed by atoms with Gasteiger partial charge in [-0.05, 0) is 20.3 Å². The van der Waals surface area contributed by atoms with Crippen LogP contribution in [0.1, 0.15) is 27.2 Å². The number of nitrogens with two attached hydrogens (primary N) is 1. The molecule has 1 unspecified atom stereocenters. The molecule has 2 N–H and O–H groups in total. The molecule has 0 aromatic heterocycles. The number of hydrogen-bond acceptors (Lipinski definition) is 4. The number of nitrogens with zero attached hydrogens (tertiary/aromatic N) is 1. The van der Waals surface area contributed by atoms with E-state index in [1.54, 1.807) is 0 Å². The maximum Gasteiger partial charge on any atom is 0.218 e. The zero-order valence-electron chi connectivity index (χ0n) is 10.3. The second-order valence-corrected chi connectivity index (χ2v) is 6.97. The third-order valence-electron chi connectivity index (χ3n) is 2.89. The van der Waals surface area contributed by atoms with Gasteiger partial charge in [0, 0.05) is 19.6 Å². The van der Waals surface area contributed by atoms with Crippen LogP contribution in [0.25, 0.3) is 0 Å². The van der Waals surface area contributed by atoms with Gasteiger partial charge in [-0.25, -0.2) is 8.42 Å². The smallest absolute Gasteiger partial charge is 0.218 e. The summed E-state index contributed by atoms with van der Waals surface area (Å²) in [6.45, 7) is 7.12. The molecule has 0 saturated carbocycles. The van der Waals surface area contributed by atoms with Crippen molar-refractivity contribution in [1.29, 1.82) is 0 Å². The maximum atomic E-state index is 12.2. The first-order valence-corrected chi connectivity index (χ1v) is 7.17. The highest BCUT2D eigenvalue weighted by Gasteiger charge is 2.37. The van der Waals surface area contributed by atoms with Crippen molar-refractivity contribution in [1.82, 2.24) is 4.31 Å². The lowest BCUT2D eigenvalue weighted by molar-refractivity contribution is -0.0642. The average Bonchev–Trinajstić information content (AvgIpc) is 2.17. The normalized spacial score (nSPS) is 24.2. The third-order valence-corrected chi connectivity index (χ3v) is 5.29. The van der Waals surface area contributed by atoms with Crippen molar-refractivity contribution in [2.45, 2.75) is 38.0 Å². The molecule has 0 aromatic carbocycles. The molecule has 0 radical (unpaired) electrons. The minimum Gasteiger partial charge on any atom is -0.373 e. The first-order valence-electron chi connectivity index (χ1n) is 5.66. The summed E-state index contributed by atoms with van der Waals surface area (Å²) in [6, 6.07) is 0. The van der Waals surface area contributed by atoms with Crippen LogP contribution in [0.2, 0.25) is 0 Å². The van der Waals surface area contributed by atoms with Gasteiger partial charge in [-0.2, -0.15) is 4.31 Å². The summed E-state index contributed by atoms with van der Waals surface area (Å²) in [6.07, 6.45) is 0.552. The minimum absolute atomic E-state index is 0.177. The Labute approximate surface area is 98.0 Å². The molecule has 1 atom stereocenters. The Bertz CT molecular complexity index is 323. The summed E-state index contributed by atoms with van der Waals surface area (Å²) in [5, 5.41) is -0.471. The van der Waals surface area contributed by atoms with Crippen molar-refractivity contribution in [3.05, 3.63) is 0 Å². The molecule has 1 heterocycles. The van der Waals surface area contributed by atoms with Crippen LogP contribution in [0.5, 0.6) is 0 Å². The zero-order valence-corrected chi connectivity index (χ0v) is 11.1. The van der Waals surface area contributed by atoms with Crippen molar-refractivity contribution in [2.24, 2.45) is 5.73 Å². The van der Waals surface area contributed by atoms with E-state index in [4.69, 9.17) is 10.5 Å². The largest absolute Gasteiger partial charge is 0.373 e. The van der Waals surface area contributed by atoms with Gasteiger partial charge in [0.25, 0.3) is 0 Å². The zero-order chi connectivity index (χ0) is 12.4. The van der Waals surface area contributed by atoms with E-state index in [0.29, 0.717) is 26.1 Å². The Balaban J connectivity index is 2.83. The lowest BCUT2D eigenvalue weighted by atomic mass is 10.1. The topological polar surface area (TPSA) is 72.6 Å². The van der Waals surface area contributed by atoms with Crippen molar-refractivity contribution >= 4 is 10.0 Å². The Morgan fingerprint density at radius 2 is 2.12 bits per heavy atom. The van der Waals surface area contributed by atoms with E-state index < -0.39 is 20.9 Å². The van der Waals surface area contributed by atoms with E-state index in [0.717, 1.165) is 0 Å². The van der Waals surface area contributed by atoms with Gasteiger partial charge in [0.05, 0.1) is 17.5 Å². The van der Waals surface area contributed by atoms with Gasteiger partial charge in [-0.15, -0.1) is 0 Å². The molecule has 96 valence electrons. The van der Waals surface area contributed by atoms with Gasteiger partial charge in [0.2, 0.25) is 10.0 Å². The first-order chi connectivity index (χ1) is 7.33. The van der Waals surface area contributed by atoms with Crippen LogP contribution in [0, 0.1) is 0 Å². The van der Waals surface area contributed by atoms with E-state index in [1.807, 2.05) is 20.8 Å². The Kier molecular flexibility index (Phi) is 4.34. The van der Waals surface area contributed by atoms with Crippen molar-refractivity contribution < 1.29 is 13.2 Å². The predicted octanol–water partition coefficient (Wildman–Crippen LogP) is 0.164. The number of ether oxygens (including phenoxy) is 1. The quantitative estimate of drug-likeness (QED) is 0.771. The van der Waals surface area contributed by atoms with Crippen LogP contribution >= 0.6 is 0 Å². The molecular weight excluding hydrogens is 228 g/mol. The molecule has 6 heteroatoms. The van der Waals surface area contributed by atoms with Crippen LogP contribution in [0.3, 0.4) is 0 Å². The van der Waals surface area contributed by atoms with Crippen LogP contribution in [-0.4, -0.2) is 49.8 Å². The number of rotatable bonds is 4. The van der Waals surface area contributed by atoms with Crippen molar-refractivity contribution in [3.63, 3.8) is 0 Å². The average molecular weight is 250 g/mol. The molecule has 0 aromatic rings. The number of hydrogen-bond donors (Lipinski definition) is 1. The molecule has 0 bridgehead atoms. The lowest BCUT2D eigenvalue weighted by Crippen LogP contribution is -2.53. The van der Waals surface area contributed by atoms with E-state index in [-0.39, 0.29) is 6.54 Å². The molecule has 1 aliphatic heterocycles. The third kappa shape index (κ3) is 2.94. The van der Waals surface area contributed by atoms with Gasteiger partial charge < -0.3 is 10.5 Å². The van der Waals surface area contributed by atoms with Gasteiger partial charge in [0.1, 0.15) is 0 Å². The molecule has 1 fully saturated rings. The van der Waals surface area contributed by atoms with Crippen LogP contribution in [-0.2, 0) is 14.8 Å². The summed E-state index contributed by atoms with van der Waals surface area (Å²) in [5.74, 6) is 0. The van der Waals surface area contributed by atoms with E-state index in [2.05, 4.69) is 0 Å². The lowest BCUT2D eigenvalue weighted by Gasteiger charge is -2.38. The Morgan fingerprint density at radius 1 is 1.50 bits per heavy atom. The first kappa shape index (κ1) is 13.9. The summed E-state index contributed by atoms with van der Waals surface area (Å²) in [5.41, 5.74) is 5.10. The second kappa shape index (κ2) is 5.00. The number of sulfonamides is 1. The Morgan fingerprint density at radius 3 is 2.56 bits per heavy atom. The number of morpholine rings is 1. The predicted molar refractivity (Wildman–Crippen MR) is 63.7 cm³/mol. The molecule has 1 aliphatic rings. The van der Waals surface area contributed by atoms with Gasteiger partial charge >= 0.3 is 0 Å². The summed E-state index contributed by atoms with van der Waals surface area (Å²) in [7, 11) is -3.27. The van der Waals surface area contributed by atoms with Gasteiger partial charge in [-0.3, -0.25) is 0 Å². The fourth-order valence-corrected chi connectivity index (χ4v) is 3.81. The highest BCUT2D eigenvalue weighted by atomic mass is 32.2. The maximum absolute atomic E-state index is 12.2. The van der Waals surface area contributed by atoms with Crippen molar-refractivity contribution in [2.75, 3.05) is 26.2 Å². The summed E-state index contributed by atoms with van der Waals surface area (Å²) < 4.78 is 31.5. The van der Waals surface area contributed by atoms with Gasteiger partial charge in [0.15, 0.2) is 0 Å². The fourth-order valence-electron chi connectivity index (χ4n) is 1.90. The fraction of sp³-hybridized carbons (Fsp3) is 1.00. The summed E-state index contributed by atoms with van der Waals surface area (Å²) >= 11 is 0. The molecule has 0 aliphatic carbocycles. The minimum atomic E-state index is -3.27. The van der Waals surface area contributed by atoms with E-state index in [9.17, 15) is 8.42 Å². The van der Waals surface area contributed by atoms with Crippen LogP contribution in [0.4, 0.5) is 0 Å². The van der Waals surface area contributed by atoms with E-state index in [1.165, 1.54) is 4.31 Å². The molecule has 1 rings (SSSR count). The SMILES string of the molecule is CCC(CN)S(=O)(=O)N1CCOC(C)(C)C1. The molecular formula is C10H22N2O3S. The standard InChI is InChI=1S/C10H22N2O3S/c1-4-9(7-11)16(13,14)12-5-6-15-10(2,3)8-12/h9H,4-8,11H2,1-3H3. The second-order valence-electron chi connectivity index (χ2n) is 4.75.